The summed E-state index contributed by atoms with van der Waals surface area (Å²) < 4.78 is 35.2. The molecular formula is C13H19N3O2S2. The van der Waals surface area contributed by atoms with Gasteiger partial charge < -0.3 is 0 Å². The van der Waals surface area contributed by atoms with Gasteiger partial charge in [0.1, 0.15) is 15.9 Å². The zero-order valence-corrected chi connectivity index (χ0v) is 13.9. The number of hydrogen-bond acceptors (Lipinski definition) is 5. The summed E-state index contributed by atoms with van der Waals surface area (Å²) in [4.78, 5) is 0.224. The molecule has 0 N–H and O–H groups in total. The first-order valence-corrected chi connectivity index (χ1v) is 8.52. The van der Waals surface area contributed by atoms with E-state index < -0.39 is 10.0 Å². The average molecular weight is 313 g/mol. The van der Waals surface area contributed by atoms with Gasteiger partial charge in [-0.3, -0.25) is 0 Å². The topological polar surface area (TPSA) is 63.2 Å². The first-order chi connectivity index (χ1) is 9.15. The number of nitrogens with zero attached hydrogens (tertiary/aromatic N) is 3. The maximum atomic E-state index is 12.8. The molecule has 7 heteroatoms. The van der Waals surface area contributed by atoms with Crippen molar-refractivity contribution in [2.24, 2.45) is 5.41 Å². The molecule has 1 aromatic carbocycles. The molecule has 1 aromatic heterocycles. The Bertz CT molecular complexity index is 717. The van der Waals surface area contributed by atoms with E-state index in [0.29, 0.717) is 11.0 Å². The molecule has 0 aliphatic heterocycles. The van der Waals surface area contributed by atoms with Gasteiger partial charge in [0.15, 0.2) is 0 Å². The fraction of sp³-hybridized carbons (Fsp3) is 0.538. The molecule has 5 nitrogen and oxygen atoms in total. The van der Waals surface area contributed by atoms with Crippen molar-refractivity contribution in [3.63, 3.8) is 0 Å². The van der Waals surface area contributed by atoms with Gasteiger partial charge in [0.05, 0.1) is 11.7 Å². The van der Waals surface area contributed by atoms with Crippen molar-refractivity contribution in [1.29, 1.82) is 0 Å². The molecule has 2 rings (SSSR count). The van der Waals surface area contributed by atoms with E-state index in [-0.39, 0.29) is 16.4 Å². The summed E-state index contributed by atoms with van der Waals surface area (Å²) in [5.41, 5.74) is 0.925. The van der Waals surface area contributed by atoms with Crippen LogP contribution in [0.2, 0.25) is 0 Å². The third-order valence-electron chi connectivity index (χ3n) is 3.70. The summed E-state index contributed by atoms with van der Waals surface area (Å²) in [6.45, 7) is 7.98. The van der Waals surface area contributed by atoms with Gasteiger partial charge in [0.25, 0.3) is 0 Å². The zero-order chi connectivity index (χ0) is 15.1. The minimum absolute atomic E-state index is 0.130. The van der Waals surface area contributed by atoms with E-state index in [1.807, 2.05) is 27.7 Å². The van der Waals surface area contributed by atoms with Gasteiger partial charge in [-0.25, -0.2) is 8.42 Å². The van der Waals surface area contributed by atoms with Gasteiger partial charge in [-0.05, 0) is 24.5 Å². The van der Waals surface area contributed by atoms with Crippen molar-refractivity contribution < 1.29 is 8.42 Å². The van der Waals surface area contributed by atoms with Crippen molar-refractivity contribution in [2.45, 2.75) is 38.6 Å². The first kappa shape index (κ1) is 15.3. The molecule has 0 radical (unpaired) electrons. The maximum absolute atomic E-state index is 12.8. The van der Waals surface area contributed by atoms with Gasteiger partial charge in [0, 0.05) is 13.1 Å². The molecular weight excluding hydrogens is 294 g/mol. The monoisotopic (exact) mass is 313 g/mol. The van der Waals surface area contributed by atoms with E-state index in [2.05, 4.69) is 8.75 Å². The average Bonchev–Trinajstić information content (AvgIpc) is 2.83. The molecule has 20 heavy (non-hydrogen) atoms. The molecule has 0 amide bonds. The fourth-order valence-electron chi connectivity index (χ4n) is 1.90. The van der Waals surface area contributed by atoms with Crippen LogP contribution in [0.1, 0.15) is 27.7 Å². The van der Waals surface area contributed by atoms with Crippen molar-refractivity contribution in [3.05, 3.63) is 18.2 Å². The lowest BCUT2D eigenvalue weighted by atomic mass is 9.88. The zero-order valence-electron chi connectivity index (χ0n) is 12.3. The lowest BCUT2D eigenvalue weighted by Crippen LogP contribution is -2.42. The number of hydrogen-bond donors (Lipinski definition) is 0. The van der Waals surface area contributed by atoms with Crippen LogP contribution in [-0.2, 0) is 10.0 Å². The highest BCUT2D eigenvalue weighted by atomic mass is 32.2. The summed E-state index contributed by atoms with van der Waals surface area (Å²) in [5.74, 6) is 0. The molecule has 1 heterocycles. The number of sulfonamides is 1. The quantitative estimate of drug-likeness (QED) is 0.874. The van der Waals surface area contributed by atoms with Gasteiger partial charge in [-0.15, -0.1) is 0 Å². The third-order valence-corrected chi connectivity index (χ3v) is 6.21. The standard InChI is InChI=1S/C13H19N3O2S2/c1-9(13(2,3)4)16(5)20(17,18)11-8-6-7-10-12(11)15-19-14-10/h6-9H,1-5H3. The van der Waals surface area contributed by atoms with E-state index in [1.54, 1.807) is 25.2 Å². The molecule has 0 saturated carbocycles. The molecule has 0 aliphatic rings. The number of rotatable bonds is 3. The Morgan fingerprint density at radius 1 is 1.25 bits per heavy atom. The Morgan fingerprint density at radius 2 is 1.90 bits per heavy atom. The van der Waals surface area contributed by atoms with Crippen LogP contribution in [0.15, 0.2) is 23.1 Å². The normalized spacial score (nSPS) is 14.9. The highest BCUT2D eigenvalue weighted by molar-refractivity contribution is 7.89. The molecule has 2 aromatic rings. The Kier molecular flexibility index (Phi) is 3.88. The van der Waals surface area contributed by atoms with Crippen LogP contribution >= 0.6 is 11.7 Å². The number of benzene rings is 1. The summed E-state index contributed by atoms with van der Waals surface area (Å²) in [7, 11) is -1.97. The van der Waals surface area contributed by atoms with E-state index in [4.69, 9.17) is 0 Å². The summed E-state index contributed by atoms with van der Waals surface area (Å²) in [6, 6.07) is 4.93. The van der Waals surface area contributed by atoms with Crippen LogP contribution < -0.4 is 0 Å². The lowest BCUT2D eigenvalue weighted by Gasteiger charge is -2.34. The predicted octanol–water partition coefficient (Wildman–Crippen LogP) is 2.75. The van der Waals surface area contributed by atoms with E-state index in [1.165, 1.54) is 4.31 Å². The van der Waals surface area contributed by atoms with E-state index in [0.717, 1.165) is 11.7 Å². The molecule has 1 unspecified atom stereocenters. The minimum atomic E-state index is -3.58. The van der Waals surface area contributed by atoms with Crippen molar-refractivity contribution in [1.82, 2.24) is 13.1 Å². The van der Waals surface area contributed by atoms with Crippen molar-refractivity contribution in [2.75, 3.05) is 7.05 Å². The van der Waals surface area contributed by atoms with Crippen LogP contribution in [-0.4, -0.2) is 34.6 Å². The van der Waals surface area contributed by atoms with E-state index >= 15 is 0 Å². The third kappa shape index (κ3) is 2.57. The molecule has 0 saturated heterocycles. The molecule has 0 fully saturated rings. The Morgan fingerprint density at radius 3 is 2.50 bits per heavy atom. The van der Waals surface area contributed by atoms with Crippen LogP contribution in [0.3, 0.4) is 0 Å². The van der Waals surface area contributed by atoms with Crippen LogP contribution in [0, 0.1) is 5.41 Å². The highest BCUT2D eigenvalue weighted by Gasteiger charge is 2.33. The number of aromatic nitrogens is 2. The van der Waals surface area contributed by atoms with Crippen LogP contribution in [0.25, 0.3) is 11.0 Å². The SMILES string of the molecule is CC(N(C)S(=O)(=O)c1cccc2nsnc12)C(C)(C)C. The van der Waals surface area contributed by atoms with Crippen molar-refractivity contribution >= 4 is 32.8 Å². The second-order valence-corrected chi connectivity index (χ2v) is 8.45. The molecule has 0 aliphatic carbocycles. The Balaban J connectivity index is 2.53. The predicted molar refractivity (Wildman–Crippen MR) is 81.3 cm³/mol. The molecule has 1 atom stereocenters. The summed E-state index contributed by atoms with van der Waals surface area (Å²) >= 11 is 1.03. The minimum Gasteiger partial charge on any atom is -0.207 e. The fourth-order valence-corrected chi connectivity index (χ4v) is 4.19. The lowest BCUT2D eigenvalue weighted by molar-refractivity contribution is 0.216. The second kappa shape index (κ2) is 5.05. The Hall–Kier alpha value is -1.05. The van der Waals surface area contributed by atoms with Gasteiger partial charge in [-0.1, -0.05) is 26.8 Å². The van der Waals surface area contributed by atoms with Crippen LogP contribution in [0.4, 0.5) is 0 Å². The molecule has 0 bridgehead atoms. The van der Waals surface area contributed by atoms with Crippen molar-refractivity contribution in [3.8, 4) is 0 Å². The molecule has 0 spiro atoms. The smallest absolute Gasteiger partial charge is 0.207 e. The summed E-state index contributed by atoms with van der Waals surface area (Å²) in [5, 5.41) is 0. The highest BCUT2D eigenvalue weighted by Crippen LogP contribution is 2.30. The largest absolute Gasteiger partial charge is 0.245 e. The Labute approximate surface area is 124 Å². The summed E-state index contributed by atoms with van der Waals surface area (Å²) in [6.07, 6.45) is 0. The van der Waals surface area contributed by atoms with E-state index in [9.17, 15) is 8.42 Å². The van der Waals surface area contributed by atoms with Crippen LogP contribution in [0.5, 0.6) is 0 Å². The molecule has 110 valence electrons. The second-order valence-electron chi connectivity index (χ2n) is 5.95. The van der Waals surface area contributed by atoms with Gasteiger partial charge in [-0.2, -0.15) is 13.1 Å². The number of fused-ring (bicyclic) bond motifs is 1. The van der Waals surface area contributed by atoms with Gasteiger partial charge >= 0.3 is 0 Å². The maximum Gasteiger partial charge on any atom is 0.245 e. The van der Waals surface area contributed by atoms with Gasteiger partial charge in [0.2, 0.25) is 10.0 Å². The first-order valence-electron chi connectivity index (χ1n) is 6.35.